The molecule has 158 valence electrons. The maximum Gasteiger partial charge on any atom is 0.191 e. The number of rotatable bonds is 8. The summed E-state index contributed by atoms with van der Waals surface area (Å²) >= 11 is 1.78. The molecule has 2 aromatic rings. The van der Waals surface area contributed by atoms with Gasteiger partial charge in [-0.1, -0.05) is 18.2 Å². The zero-order valence-corrected chi connectivity index (χ0v) is 18.8. The van der Waals surface area contributed by atoms with E-state index in [-0.39, 0.29) is 6.04 Å². The van der Waals surface area contributed by atoms with Gasteiger partial charge >= 0.3 is 0 Å². The van der Waals surface area contributed by atoms with E-state index in [1.54, 1.807) is 18.4 Å². The fourth-order valence-electron chi connectivity index (χ4n) is 3.78. The van der Waals surface area contributed by atoms with Crippen LogP contribution in [0.1, 0.15) is 40.0 Å². The second-order valence-corrected chi connectivity index (χ2v) is 8.67. The van der Waals surface area contributed by atoms with Gasteiger partial charge in [0.2, 0.25) is 0 Å². The first-order valence-electron chi connectivity index (χ1n) is 10.4. The van der Waals surface area contributed by atoms with Gasteiger partial charge in [-0.15, -0.1) is 11.3 Å². The number of aliphatic imine (C=N–C) groups is 1. The molecule has 1 aliphatic rings. The number of para-hydroxylation sites is 1. The Kier molecular flexibility index (Phi) is 7.89. The van der Waals surface area contributed by atoms with Gasteiger partial charge in [0.15, 0.2) is 5.96 Å². The van der Waals surface area contributed by atoms with E-state index in [1.807, 2.05) is 19.2 Å². The molecule has 0 bridgehead atoms. The second kappa shape index (κ2) is 10.6. The molecule has 0 spiro atoms. The summed E-state index contributed by atoms with van der Waals surface area (Å²) in [7, 11) is 3.57. The van der Waals surface area contributed by atoms with Crippen molar-refractivity contribution in [3.05, 3.63) is 45.4 Å². The number of thiazole rings is 1. The molecule has 2 N–H and O–H groups in total. The first kappa shape index (κ1) is 21.6. The van der Waals surface area contributed by atoms with E-state index in [0.29, 0.717) is 0 Å². The van der Waals surface area contributed by atoms with Crippen molar-refractivity contribution in [2.24, 2.45) is 4.99 Å². The number of nitrogens with one attached hydrogen (secondary N) is 2. The Hall–Kier alpha value is -2.12. The number of ether oxygens (including phenoxy) is 1. The third kappa shape index (κ3) is 5.70. The van der Waals surface area contributed by atoms with Gasteiger partial charge in [-0.25, -0.2) is 4.98 Å². The van der Waals surface area contributed by atoms with Crippen LogP contribution in [0, 0.1) is 13.8 Å². The summed E-state index contributed by atoms with van der Waals surface area (Å²) in [5.41, 5.74) is 2.37. The standard InChI is InChI=1S/C22H33N5OS/c1-16-17(2)29-21(26-16)11-12-24-22(23-3)25-15-19(27-13-7-8-14-27)18-9-5-6-10-20(18)28-4/h5-6,9-10,19H,7-8,11-15H2,1-4H3,(H2,23,24,25). The van der Waals surface area contributed by atoms with E-state index in [9.17, 15) is 0 Å². The number of benzene rings is 1. The number of methoxy groups -OCH3 is 1. The van der Waals surface area contributed by atoms with E-state index in [4.69, 9.17) is 4.74 Å². The minimum atomic E-state index is 0.261. The lowest BCUT2D eigenvalue weighted by Crippen LogP contribution is -2.43. The maximum absolute atomic E-state index is 5.64. The Morgan fingerprint density at radius 3 is 2.66 bits per heavy atom. The average Bonchev–Trinajstić information content (AvgIpc) is 3.37. The van der Waals surface area contributed by atoms with Gasteiger partial charge in [-0.05, 0) is 45.8 Å². The lowest BCUT2D eigenvalue weighted by molar-refractivity contribution is 0.239. The summed E-state index contributed by atoms with van der Waals surface area (Å²) in [5, 5.41) is 8.13. The van der Waals surface area contributed by atoms with Crippen LogP contribution in [0.15, 0.2) is 29.3 Å². The van der Waals surface area contributed by atoms with Crippen LogP contribution in [0.3, 0.4) is 0 Å². The summed E-state index contributed by atoms with van der Waals surface area (Å²) in [5.74, 6) is 1.78. The van der Waals surface area contributed by atoms with Gasteiger partial charge in [0.1, 0.15) is 5.75 Å². The highest BCUT2D eigenvalue weighted by molar-refractivity contribution is 7.11. The van der Waals surface area contributed by atoms with Crippen LogP contribution in [0.2, 0.25) is 0 Å². The number of likely N-dealkylation sites (tertiary alicyclic amines) is 1. The van der Waals surface area contributed by atoms with E-state index < -0.39 is 0 Å². The highest BCUT2D eigenvalue weighted by atomic mass is 32.1. The van der Waals surface area contributed by atoms with Gasteiger partial charge in [-0.3, -0.25) is 9.89 Å². The fraction of sp³-hybridized carbons (Fsp3) is 0.545. The summed E-state index contributed by atoms with van der Waals surface area (Å²) in [4.78, 5) is 12.9. The summed E-state index contributed by atoms with van der Waals surface area (Å²) in [6.07, 6.45) is 3.42. The molecule has 1 atom stereocenters. The van der Waals surface area contributed by atoms with Crippen molar-refractivity contribution >= 4 is 17.3 Å². The Balaban J connectivity index is 1.59. The molecule has 0 saturated carbocycles. The van der Waals surface area contributed by atoms with Crippen molar-refractivity contribution in [3.63, 3.8) is 0 Å². The van der Waals surface area contributed by atoms with Crippen molar-refractivity contribution in [2.45, 2.75) is 39.2 Å². The molecule has 1 unspecified atom stereocenters. The molecule has 0 aliphatic carbocycles. The molecule has 0 radical (unpaired) electrons. The molecule has 1 aromatic carbocycles. The fourth-order valence-corrected chi connectivity index (χ4v) is 4.71. The highest BCUT2D eigenvalue weighted by Gasteiger charge is 2.26. The topological polar surface area (TPSA) is 61.8 Å². The number of aryl methyl sites for hydroxylation is 2. The molecule has 0 amide bonds. The summed E-state index contributed by atoms with van der Waals surface area (Å²) in [6, 6.07) is 8.60. The predicted octanol–water partition coefficient (Wildman–Crippen LogP) is 3.31. The summed E-state index contributed by atoms with van der Waals surface area (Å²) < 4.78 is 5.64. The lowest BCUT2D eigenvalue weighted by atomic mass is 10.0. The minimum absolute atomic E-state index is 0.261. The first-order chi connectivity index (χ1) is 14.1. The number of hydrogen-bond acceptors (Lipinski definition) is 5. The van der Waals surface area contributed by atoms with Crippen LogP contribution >= 0.6 is 11.3 Å². The maximum atomic E-state index is 5.64. The van der Waals surface area contributed by atoms with Crippen molar-refractivity contribution in [1.82, 2.24) is 20.5 Å². The molecular weight excluding hydrogens is 382 g/mol. The van der Waals surface area contributed by atoms with E-state index in [1.165, 1.54) is 28.3 Å². The third-order valence-corrected chi connectivity index (χ3v) is 6.60. The number of aromatic nitrogens is 1. The summed E-state index contributed by atoms with van der Waals surface area (Å²) in [6.45, 7) is 8.04. The molecule has 1 saturated heterocycles. The van der Waals surface area contributed by atoms with Crippen LogP contribution < -0.4 is 15.4 Å². The van der Waals surface area contributed by atoms with Crippen LogP contribution in [0.4, 0.5) is 0 Å². The number of nitrogens with zero attached hydrogens (tertiary/aromatic N) is 3. The molecule has 1 aliphatic heterocycles. The van der Waals surface area contributed by atoms with Crippen LogP contribution in [-0.4, -0.2) is 56.2 Å². The molecular formula is C22H33N5OS. The number of hydrogen-bond donors (Lipinski definition) is 2. The Morgan fingerprint density at radius 2 is 2.00 bits per heavy atom. The number of guanidine groups is 1. The van der Waals surface area contributed by atoms with Crippen molar-refractivity contribution < 1.29 is 4.74 Å². The van der Waals surface area contributed by atoms with Gasteiger partial charge in [-0.2, -0.15) is 0 Å². The van der Waals surface area contributed by atoms with Gasteiger partial charge < -0.3 is 15.4 Å². The second-order valence-electron chi connectivity index (χ2n) is 7.38. The van der Waals surface area contributed by atoms with Crippen LogP contribution in [0.5, 0.6) is 5.75 Å². The van der Waals surface area contributed by atoms with Crippen LogP contribution in [0.25, 0.3) is 0 Å². The van der Waals surface area contributed by atoms with E-state index in [2.05, 4.69) is 51.5 Å². The predicted molar refractivity (Wildman–Crippen MR) is 121 cm³/mol. The minimum Gasteiger partial charge on any atom is -0.496 e. The molecule has 29 heavy (non-hydrogen) atoms. The molecule has 7 heteroatoms. The average molecular weight is 416 g/mol. The molecule has 1 aromatic heterocycles. The Morgan fingerprint density at radius 1 is 1.24 bits per heavy atom. The molecule has 6 nitrogen and oxygen atoms in total. The largest absolute Gasteiger partial charge is 0.496 e. The first-order valence-corrected chi connectivity index (χ1v) is 11.2. The molecule has 3 rings (SSSR count). The third-order valence-electron chi connectivity index (χ3n) is 5.47. The van der Waals surface area contributed by atoms with Crippen molar-refractivity contribution in [2.75, 3.05) is 40.3 Å². The Labute approximate surface area is 178 Å². The van der Waals surface area contributed by atoms with Gasteiger partial charge in [0.05, 0.1) is 23.9 Å². The van der Waals surface area contributed by atoms with Crippen LogP contribution in [-0.2, 0) is 6.42 Å². The smallest absolute Gasteiger partial charge is 0.191 e. The molecule has 1 fully saturated rings. The van der Waals surface area contributed by atoms with Gasteiger partial charge in [0, 0.05) is 37.0 Å². The zero-order valence-electron chi connectivity index (χ0n) is 18.0. The normalized spacial score (nSPS) is 16.1. The Bertz CT molecular complexity index is 794. The highest BCUT2D eigenvalue weighted by Crippen LogP contribution is 2.31. The molecule has 2 heterocycles. The SMILES string of the molecule is CN=C(NCCc1nc(C)c(C)s1)NCC(c1ccccc1OC)N1CCCC1. The van der Waals surface area contributed by atoms with Crippen molar-refractivity contribution in [3.8, 4) is 5.75 Å². The van der Waals surface area contributed by atoms with E-state index in [0.717, 1.165) is 50.0 Å². The zero-order chi connectivity index (χ0) is 20.6. The monoisotopic (exact) mass is 415 g/mol. The quantitative estimate of drug-likeness (QED) is 0.512. The van der Waals surface area contributed by atoms with Crippen molar-refractivity contribution in [1.29, 1.82) is 0 Å². The lowest BCUT2D eigenvalue weighted by Gasteiger charge is -2.30. The van der Waals surface area contributed by atoms with E-state index >= 15 is 0 Å². The van der Waals surface area contributed by atoms with Gasteiger partial charge in [0.25, 0.3) is 0 Å².